The van der Waals surface area contributed by atoms with Gasteiger partial charge in [0, 0.05) is 31.9 Å². The van der Waals surface area contributed by atoms with E-state index in [1.165, 1.54) is 0 Å². The predicted molar refractivity (Wildman–Crippen MR) is 140 cm³/mol. The highest BCUT2D eigenvalue weighted by Crippen LogP contribution is 2.31. The maximum Gasteiger partial charge on any atom is 0.251 e. The van der Waals surface area contributed by atoms with Crippen LogP contribution in [-0.2, 0) is 14.4 Å². The fourth-order valence-electron chi connectivity index (χ4n) is 5.23. The number of Topliss-reactive ketones (excluding diaryl/α,β-unsaturated/α-hetero) is 1. The average Bonchev–Trinajstić information content (AvgIpc) is 3.38. The van der Waals surface area contributed by atoms with Crippen molar-refractivity contribution < 1.29 is 19.2 Å². The number of ketones is 1. The molecule has 0 radical (unpaired) electrons. The summed E-state index contributed by atoms with van der Waals surface area (Å²) in [5.74, 6) is -0.566. The quantitative estimate of drug-likeness (QED) is 0.534. The first kappa shape index (κ1) is 27.6. The molecule has 2 saturated heterocycles. The van der Waals surface area contributed by atoms with Crippen molar-refractivity contribution in [1.82, 2.24) is 15.1 Å². The Labute approximate surface area is 214 Å². The third-order valence-electron chi connectivity index (χ3n) is 6.99. The number of hydrogen-bond donors (Lipinski definition) is 2. The molecule has 9 heteroatoms. The molecule has 4 atom stereocenters. The van der Waals surface area contributed by atoms with Crippen molar-refractivity contribution in [2.75, 3.05) is 32.1 Å². The summed E-state index contributed by atoms with van der Waals surface area (Å²) >= 11 is 0. The Hall–Kier alpha value is -2.94. The lowest BCUT2D eigenvalue weighted by Crippen LogP contribution is -2.53. The van der Waals surface area contributed by atoms with Gasteiger partial charge in [0.15, 0.2) is 5.78 Å². The predicted octanol–water partition coefficient (Wildman–Crippen LogP) is 1.65. The lowest BCUT2D eigenvalue weighted by Gasteiger charge is -2.29. The van der Waals surface area contributed by atoms with Gasteiger partial charge in [0.25, 0.3) is 5.91 Å². The number of benzene rings is 1. The minimum atomic E-state index is -0.759. The first-order chi connectivity index (χ1) is 16.9. The van der Waals surface area contributed by atoms with Crippen LogP contribution in [0.15, 0.2) is 24.3 Å². The van der Waals surface area contributed by atoms with Crippen LogP contribution in [0.1, 0.15) is 57.3 Å². The summed E-state index contributed by atoms with van der Waals surface area (Å²) in [5.41, 5.74) is 7.56. The molecule has 198 valence electrons. The summed E-state index contributed by atoms with van der Waals surface area (Å²) in [6, 6.07) is 4.71. The third-order valence-corrected chi connectivity index (χ3v) is 6.99. The van der Waals surface area contributed by atoms with Crippen LogP contribution in [0.5, 0.6) is 0 Å². The minimum absolute atomic E-state index is 0.0246. The first-order valence-corrected chi connectivity index (χ1v) is 12.9. The van der Waals surface area contributed by atoms with Crippen molar-refractivity contribution in [3.63, 3.8) is 0 Å². The molecule has 0 spiro atoms. The molecule has 3 N–H and O–H groups in total. The number of likely N-dealkylation sites (tertiary alicyclic amines) is 2. The van der Waals surface area contributed by atoms with Crippen molar-refractivity contribution in [1.29, 1.82) is 0 Å². The summed E-state index contributed by atoms with van der Waals surface area (Å²) < 4.78 is 0. The molecule has 2 heterocycles. The molecule has 0 saturated carbocycles. The molecular formula is C27H41N5O4. The number of anilines is 1. The van der Waals surface area contributed by atoms with Crippen LogP contribution < -0.4 is 16.0 Å². The summed E-state index contributed by atoms with van der Waals surface area (Å²) in [6.45, 7) is 8.32. The molecule has 9 nitrogen and oxygen atoms in total. The van der Waals surface area contributed by atoms with E-state index < -0.39 is 18.1 Å². The smallest absolute Gasteiger partial charge is 0.251 e. The van der Waals surface area contributed by atoms with Crippen molar-refractivity contribution in [2.24, 2.45) is 17.6 Å². The largest absolute Gasteiger partial charge is 0.378 e. The molecule has 0 aromatic heterocycles. The second kappa shape index (κ2) is 11.4. The topological polar surface area (TPSA) is 116 Å². The van der Waals surface area contributed by atoms with Gasteiger partial charge >= 0.3 is 0 Å². The van der Waals surface area contributed by atoms with Gasteiger partial charge in [0.05, 0.1) is 18.6 Å². The monoisotopic (exact) mass is 499 g/mol. The van der Waals surface area contributed by atoms with E-state index in [4.69, 9.17) is 5.73 Å². The Balaban J connectivity index is 1.74. The Morgan fingerprint density at radius 3 is 2.17 bits per heavy atom. The number of rotatable bonds is 9. The van der Waals surface area contributed by atoms with Crippen LogP contribution in [0.2, 0.25) is 0 Å². The maximum atomic E-state index is 13.7. The van der Waals surface area contributed by atoms with Crippen molar-refractivity contribution in [3.05, 3.63) is 29.8 Å². The van der Waals surface area contributed by atoms with E-state index in [0.29, 0.717) is 31.4 Å². The fourth-order valence-corrected chi connectivity index (χ4v) is 5.23. The lowest BCUT2D eigenvalue weighted by atomic mass is 10.0. The zero-order chi connectivity index (χ0) is 26.7. The number of hydrogen-bond acceptors (Lipinski definition) is 6. The Morgan fingerprint density at radius 2 is 1.61 bits per heavy atom. The van der Waals surface area contributed by atoms with E-state index in [0.717, 1.165) is 5.69 Å². The molecule has 2 aliphatic heterocycles. The second-order valence-corrected chi connectivity index (χ2v) is 11.1. The summed E-state index contributed by atoms with van der Waals surface area (Å²) in [7, 11) is 3.85. The Kier molecular flexibility index (Phi) is 8.76. The molecule has 2 aliphatic rings. The van der Waals surface area contributed by atoms with Gasteiger partial charge in [-0.3, -0.25) is 19.2 Å². The van der Waals surface area contributed by atoms with Crippen molar-refractivity contribution >= 4 is 29.2 Å². The third kappa shape index (κ3) is 6.06. The minimum Gasteiger partial charge on any atom is -0.378 e. The maximum absolute atomic E-state index is 13.7. The number of nitrogens with two attached hydrogens (primary N) is 1. The van der Waals surface area contributed by atoms with Gasteiger partial charge in [-0.05, 0) is 55.4 Å². The van der Waals surface area contributed by atoms with E-state index >= 15 is 0 Å². The Morgan fingerprint density at radius 1 is 1.00 bits per heavy atom. The van der Waals surface area contributed by atoms with Crippen LogP contribution in [-0.4, -0.2) is 84.7 Å². The van der Waals surface area contributed by atoms with E-state index in [1.807, 2.05) is 58.8 Å². The van der Waals surface area contributed by atoms with E-state index in [9.17, 15) is 19.2 Å². The zero-order valence-electron chi connectivity index (χ0n) is 22.4. The summed E-state index contributed by atoms with van der Waals surface area (Å²) in [4.78, 5) is 57.7. The van der Waals surface area contributed by atoms with Gasteiger partial charge in [-0.1, -0.05) is 27.7 Å². The average molecular weight is 500 g/mol. The number of nitrogens with zero attached hydrogens (tertiary/aromatic N) is 3. The van der Waals surface area contributed by atoms with Gasteiger partial charge in [-0.25, -0.2) is 0 Å². The van der Waals surface area contributed by atoms with Crippen LogP contribution in [0, 0.1) is 11.8 Å². The molecule has 0 bridgehead atoms. The number of carbonyl (C=O) groups excluding carboxylic acids is 4. The molecule has 36 heavy (non-hydrogen) atoms. The summed E-state index contributed by atoms with van der Waals surface area (Å²) in [6.07, 6.45) is 1.52. The molecular weight excluding hydrogens is 458 g/mol. The fraction of sp³-hybridized carbons (Fsp3) is 0.630. The van der Waals surface area contributed by atoms with E-state index in [-0.39, 0.29) is 47.9 Å². The Bertz CT molecular complexity index is 975. The van der Waals surface area contributed by atoms with Crippen LogP contribution in [0.25, 0.3) is 0 Å². The highest BCUT2D eigenvalue weighted by Gasteiger charge is 2.52. The number of fused-ring (bicyclic) bond motifs is 1. The van der Waals surface area contributed by atoms with Gasteiger partial charge in [0.1, 0.15) is 12.1 Å². The highest BCUT2D eigenvalue weighted by molar-refractivity contribution is 6.01. The molecule has 1 aromatic rings. The van der Waals surface area contributed by atoms with Crippen LogP contribution >= 0.6 is 0 Å². The molecule has 0 aliphatic carbocycles. The SMILES string of the molecule is CC(C)C[C@@H](N)C(=O)N1CC(=O)C2C1CCN2C(=O)[C@H](CC(C)C)NC(=O)c1ccc(N(C)C)cc1. The number of amides is 3. The highest BCUT2D eigenvalue weighted by atomic mass is 16.2. The number of carbonyl (C=O) groups is 4. The van der Waals surface area contributed by atoms with Gasteiger partial charge in [-0.2, -0.15) is 0 Å². The van der Waals surface area contributed by atoms with Crippen LogP contribution in [0.4, 0.5) is 5.69 Å². The van der Waals surface area contributed by atoms with Crippen molar-refractivity contribution in [3.8, 4) is 0 Å². The molecule has 3 amide bonds. The molecule has 3 rings (SSSR count). The zero-order valence-corrected chi connectivity index (χ0v) is 22.4. The lowest BCUT2D eigenvalue weighted by molar-refractivity contribution is -0.138. The van der Waals surface area contributed by atoms with Crippen molar-refractivity contribution in [2.45, 2.75) is 71.1 Å². The summed E-state index contributed by atoms with van der Waals surface area (Å²) in [5, 5.41) is 2.90. The van der Waals surface area contributed by atoms with Gasteiger partial charge < -0.3 is 25.8 Å². The first-order valence-electron chi connectivity index (χ1n) is 12.9. The number of nitrogens with one attached hydrogen (secondary N) is 1. The van der Waals surface area contributed by atoms with E-state index in [1.54, 1.807) is 21.9 Å². The normalized spacial score (nSPS) is 21.1. The van der Waals surface area contributed by atoms with Crippen LogP contribution in [0.3, 0.4) is 0 Å². The molecule has 2 unspecified atom stereocenters. The van der Waals surface area contributed by atoms with Gasteiger partial charge in [-0.15, -0.1) is 0 Å². The standard InChI is InChI=1S/C27H41N5O4/c1-16(2)13-20(28)26(35)32-15-23(33)24-22(32)11-12-31(24)27(36)21(14-17(3)4)29-25(34)18-7-9-19(10-8-18)30(5)6/h7-10,16-17,20-22,24H,11-15,28H2,1-6H3,(H,29,34)/t20-,21+,22?,24?/m1/s1. The molecule has 1 aromatic carbocycles. The van der Waals surface area contributed by atoms with Gasteiger partial charge in [0.2, 0.25) is 11.8 Å². The van der Waals surface area contributed by atoms with E-state index in [2.05, 4.69) is 5.32 Å². The second-order valence-electron chi connectivity index (χ2n) is 11.1. The molecule has 2 fully saturated rings.